The smallest absolute Gasteiger partial charge is 0.256 e. The SMILES string of the molecule is Cc1cc(NN)ccc1C(=O)Nc1cc(F)c(Br)cc1F. The molecule has 110 valence electrons. The van der Waals surface area contributed by atoms with E-state index in [4.69, 9.17) is 5.84 Å². The van der Waals surface area contributed by atoms with Crippen molar-refractivity contribution in [3.8, 4) is 0 Å². The van der Waals surface area contributed by atoms with Gasteiger partial charge < -0.3 is 10.7 Å². The molecule has 0 saturated carbocycles. The third-order valence-corrected chi connectivity index (χ3v) is 3.50. The Balaban J connectivity index is 2.28. The van der Waals surface area contributed by atoms with Gasteiger partial charge in [0, 0.05) is 17.3 Å². The molecule has 0 saturated heterocycles. The lowest BCUT2D eigenvalue weighted by Crippen LogP contribution is -2.15. The molecule has 4 nitrogen and oxygen atoms in total. The third-order valence-electron chi connectivity index (χ3n) is 2.90. The Morgan fingerprint density at radius 3 is 2.52 bits per heavy atom. The van der Waals surface area contributed by atoms with Crippen LogP contribution in [0.25, 0.3) is 0 Å². The summed E-state index contributed by atoms with van der Waals surface area (Å²) in [7, 11) is 0. The van der Waals surface area contributed by atoms with Crippen LogP contribution in [0, 0.1) is 18.6 Å². The normalized spacial score (nSPS) is 10.3. The Labute approximate surface area is 128 Å². The topological polar surface area (TPSA) is 67.1 Å². The molecular formula is C14H12BrF2N3O. The second kappa shape index (κ2) is 6.19. The maximum atomic E-state index is 13.7. The first-order chi connectivity index (χ1) is 9.92. The number of nitrogen functional groups attached to an aromatic ring is 1. The van der Waals surface area contributed by atoms with E-state index in [2.05, 4.69) is 26.7 Å². The largest absolute Gasteiger partial charge is 0.324 e. The van der Waals surface area contributed by atoms with Gasteiger partial charge in [-0.25, -0.2) is 8.78 Å². The highest BCUT2D eigenvalue weighted by molar-refractivity contribution is 9.10. The van der Waals surface area contributed by atoms with Gasteiger partial charge in [-0.05, 0) is 52.7 Å². The molecule has 2 aromatic rings. The molecule has 2 aromatic carbocycles. The molecule has 1 amide bonds. The van der Waals surface area contributed by atoms with Crippen molar-refractivity contribution in [2.45, 2.75) is 6.92 Å². The molecule has 0 unspecified atom stereocenters. The van der Waals surface area contributed by atoms with Crippen LogP contribution in [0.3, 0.4) is 0 Å². The van der Waals surface area contributed by atoms with Crippen LogP contribution < -0.4 is 16.6 Å². The van der Waals surface area contributed by atoms with Gasteiger partial charge in [0.05, 0.1) is 10.2 Å². The van der Waals surface area contributed by atoms with E-state index in [-0.39, 0.29) is 10.2 Å². The summed E-state index contributed by atoms with van der Waals surface area (Å²) < 4.78 is 27.1. The summed E-state index contributed by atoms with van der Waals surface area (Å²) in [6, 6.07) is 6.71. The zero-order valence-corrected chi connectivity index (χ0v) is 12.6. The van der Waals surface area contributed by atoms with Crippen LogP contribution in [-0.4, -0.2) is 5.91 Å². The van der Waals surface area contributed by atoms with E-state index in [1.165, 1.54) is 0 Å². The van der Waals surface area contributed by atoms with E-state index in [1.54, 1.807) is 25.1 Å². The zero-order chi connectivity index (χ0) is 15.6. The van der Waals surface area contributed by atoms with E-state index in [0.29, 0.717) is 16.8 Å². The molecule has 0 aliphatic carbocycles. The Morgan fingerprint density at radius 1 is 1.19 bits per heavy atom. The second-order valence-electron chi connectivity index (χ2n) is 4.37. The molecule has 0 aliphatic rings. The number of halogens is 3. The van der Waals surface area contributed by atoms with Crippen molar-refractivity contribution in [1.82, 2.24) is 0 Å². The number of carbonyl (C=O) groups is 1. The number of nitrogens with one attached hydrogen (secondary N) is 2. The average molecular weight is 356 g/mol. The van der Waals surface area contributed by atoms with Crippen LogP contribution in [0.4, 0.5) is 20.2 Å². The standard InChI is InChI=1S/C14H12BrF2N3O/c1-7-4-8(20-18)2-3-9(7)14(21)19-13-6-11(16)10(15)5-12(13)17/h2-6,20H,18H2,1H3,(H,19,21). The summed E-state index contributed by atoms with van der Waals surface area (Å²) in [6.07, 6.45) is 0. The first kappa shape index (κ1) is 15.4. The molecule has 2 rings (SSSR count). The van der Waals surface area contributed by atoms with Crippen LogP contribution in [0.5, 0.6) is 0 Å². The third kappa shape index (κ3) is 3.37. The van der Waals surface area contributed by atoms with Gasteiger partial charge in [-0.3, -0.25) is 10.6 Å². The molecule has 0 heterocycles. The van der Waals surface area contributed by atoms with Crippen molar-refractivity contribution >= 4 is 33.2 Å². The van der Waals surface area contributed by atoms with Gasteiger partial charge in [0.15, 0.2) is 0 Å². The van der Waals surface area contributed by atoms with Crippen LogP contribution in [0.1, 0.15) is 15.9 Å². The van der Waals surface area contributed by atoms with Crippen molar-refractivity contribution in [2.24, 2.45) is 5.84 Å². The Hall–Kier alpha value is -1.99. The zero-order valence-electron chi connectivity index (χ0n) is 11.0. The number of benzene rings is 2. The van der Waals surface area contributed by atoms with Gasteiger partial charge in [-0.1, -0.05) is 0 Å². The predicted molar refractivity (Wildman–Crippen MR) is 81.0 cm³/mol. The number of hydrogen-bond donors (Lipinski definition) is 3. The fourth-order valence-corrected chi connectivity index (χ4v) is 2.13. The lowest BCUT2D eigenvalue weighted by Gasteiger charge is -2.10. The second-order valence-corrected chi connectivity index (χ2v) is 5.23. The molecule has 4 N–H and O–H groups in total. The number of amides is 1. The molecule has 0 atom stereocenters. The van der Waals surface area contributed by atoms with E-state index in [9.17, 15) is 13.6 Å². The Morgan fingerprint density at radius 2 is 1.90 bits per heavy atom. The van der Waals surface area contributed by atoms with Gasteiger partial charge in [0.25, 0.3) is 5.91 Å². The van der Waals surface area contributed by atoms with Crippen LogP contribution in [0.2, 0.25) is 0 Å². The van der Waals surface area contributed by atoms with Crippen molar-refractivity contribution in [3.05, 3.63) is 57.6 Å². The maximum absolute atomic E-state index is 13.7. The molecule has 0 aromatic heterocycles. The molecule has 0 bridgehead atoms. The van der Waals surface area contributed by atoms with E-state index in [0.717, 1.165) is 12.1 Å². The highest BCUT2D eigenvalue weighted by atomic mass is 79.9. The lowest BCUT2D eigenvalue weighted by atomic mass is 10.1. The minimum atomic E-state index is -0.727. The van der Waals surface area contributed by atoms with Crippen molar-refractivity contribution in [2.75, 3.05) is 10.7 Å². The van der Waals surface area contributed by atoms with Crippen molar-refractivity contribution in [3.63, 3.8) is 0 Å². The molecule has 7 heteroatoms. The van der Waals surface area contributed by atoms with Gasteiger partial charge in [-0.2, -0.15) is 0 Å². The summed E-state index contributed by atoms with van der Waals surface area (Å²) in [5.41, 5.74) is 3.88. The molecule has 0 fully saturated rings. The first-order valence-electron chi connectivity index (χ1n) is 5.95. The quantitative estimate of drug-likeness (QED) is 0.448. The molecule has 0 radical (unpaired) electrons. The van der Waals surface area contributed by atoms with Crippen molar-refractivity contribution in [1.29, 1.82) is 0 Å². The Bertz CT molecular complexity index is 707. The van der Waals surface area contributed by atoms with Crippen molar-refractivity contribution < 1.29 is 13.6 Å². The maximum Gasteiger partial charge on any atom is 0.256 e. The van der Waals surface area contributed by atoms with E-state index >= 15 is 0 Å². The van der Waals surface area contributed by atoms with Gasteiger partial charge >= 0.3 is 0 Å². The molecule has 21 heavy (non-hydrogen) atoms. The lowest BCUT2D eigenvalue weighted by molar-refractivity contribution is 0.102. The van der Waals surface area contributed by atoms with Gasteiger partial charge in [0.2, 0.25) is 0 Å². The fourth-order valence-electron chi connectivity index (χ4n) is 1.82. The summed E-state index contributed by atoms with van der Waals surface area (Å²) in [5, 5.41) is 2.35. The average Bonchev–Trinajstić information content (AvgIpc) is 2.44. The van der Waals surface area contributed by atoms with Gasteiger partial charge in [-0.15, -0.1) is 0 Å². The molecule has 0 aliphatic heterocycles. The van der Waals surface area contributed by atoms with E-state index in [1.807, 2.05) is 0 Å². The summed E-state index contributed by atoms with van der Waals surface area (Å²) >= 11 is 2.87. The Kier molecular flexibility index (Phi) is 4.54. The first-order valence-corrected chi connectivity index (χ1v) is 6.75. The minimum absolute atomic E-state index is 0.00690. The number of anilines is 2. The highest BCUT2D eigenvalue weighted by Gasteiger charge is 2.14. The van der Waals surface area contributed by atoms with Crippen LogP contribution in [0.15, 0.2) is 34.8 Å². The summed E-state index contributed by atoms with van der Waals surface area (Å²) in [6.45, 7) is 1.72. The predicted octanol–water partition coefficient (Wildman–Crippen LogP) is 3.57. The number of hydrazine groups is 1. The van der Waals surface area contributed by atoms with Crippen LogP contribution in [-0.2, 0) is 0 Å². The number of nitrogens with two attached hydrogens (primary N) is 1. The fraction of sp³-hybridized carbons (Fsp3) is 0.0714. The highest BCUT2D eigenvalue weighted by Crippen LogP contribution is 2.24. The summed E-state index contributed by atoms with van der Waals surface area (Å²) in [5.74, 6) is 3.35. The van der Waals surface area contributed by atoms with Crippen LogP contribution >= 0.6 is 15.9 Å². The number of aryl methyl sites for hydroxylation is 1. The number of hydrogen-bond acceptors (Lipinski definition) is 3. The number of rotatable bonds is 3. The minimum Gasteiger partial charge on any atom is -0.324 e. The summed E-state index contributed by atoms with van der Waals surface area (Å²) in [4.78, 5) is 12.1. The monoisotopic (exact) mass is 355 g/mol. The number of carbonyl (C=O) groups excluding carboxylic acids is 1. The van der Waals surface area contributed by atoms with Gasteiger partial charge in [0.1, 0.15) is 11.6 Å². The molecule has 0 spiro atoms. The van der Waals surface area contributed by atoms with E-state index < -0.39 is 17.5 Å². The molecular weight excluding hydrogens is 344 g/mol.